The van der Waals surface area contributed by atoms with Gasteiger partial charge in [-0.3, -0.25) is 9.69 Å². The second kappa shape index (κ2) is 10.5. The summed E-state index contributed by atoms with van der Waals surface area (Å²) in [5, 5.41) is 17.5. The van der Waals surface area contributed by atoms with Gasteiger partial charge in [-0.25, -0.2) is 4.79 Å². The van der Waals surface area contributed by atoms with Crippen molar-refractivity contribution < 1.29 is 19.5 Å². The first kappa shape index (κ1) is 22.8. The predicted octanol–water partition coefficient (Wildman–Crippen LogP) is 3.29. The van der Waals surface area contributed by atoms with Gasteiger partial charge in [0.1, 0.15) is 6.04 Å². The van der Waals surface area contributed by atoms with E-state index in [-0.39, 0.29) is 5.56 Å². The number of rotatable bonds is 7. The second-order valence-electron chi connectivity index (χ2n) is 7.05. The van der Waals surface area contributed by atoms with Crippen molar-refractivity contribution in [1.29, 1.82) is 0 Å². The van der Waals surface area contributed by atoms with Gasteiger partial charge in [-0.2, -0.15) is 0 Å². The van der Waals surface area contributed by atoms with Crippen LogP contribution in [-0.4, -0.2) is 24.5 Å². The highest BCUT2D eigenvalue weighted by atomic mass is 35.5. The van der Waals surface area contributed by atoms with Gasteiger partial charge in [-0.05, 0) is 54.4 Å². The Morgan fingerprint density at radius 1 is 0.969 bits per heavy atom. The van der Waals surface area contributed by atoms with Crippen molar-refractivity contribution in [2.45, 2.75) is 13.0 Å². The molecule has 3 aromatic carbocycles. The summed E-state index contributed by atoms with van der Waals surface area (Å²) in [5.41, 5.74) is 2.15. The third-order valence-electron chi connectivity index (χ3n) is 4.63. The summed E-state index contributed by atoms with van der Waals surface area (Å²) < 4.78 is 0. The smallest absolute Gasteiger partial charge is 0.319 e. The Kier molecular flexibility index (Phi) is 7.46. The number of halogens is 1. The summed E-state index contributed by atoms with van der Waals surface area (Å²) >= 11 is 6.03. The minimum absolute atomic E-state index is 0.277. The Balaban J connectivity index is 1.83. The molecule has 0 fully saturated rings. The normalized spacial score (nSPS) is 11.3. The number of nitrogens with one attached hydrogen (secondary N) is 2. The number of hydrogen-bond donors (Lipinski definition) is 2. The highest BCUT2D eigenvalue weighted by Gasteiger charge is 2.28. The number of nitrogens with zero attached hydrogens (tertiary/aromatic N) is 1. The van der Waals surface area contributed by atoms with E-state index in [1.165, 1.54) is 6.07 Å². The molecule has 0 spiro atoms. The number of urea groups is 1. The number of benzene rings is 3. The summed E-state index contributed by atoms with van der Waals surface area (Å²) in [6.07, 6.45) is 0. The Morgan fingerprint density at radius 3 is 2.34 bits per heavy atom. The number of aliphatic carboxylic acids is 1. The molecule has 2 N–H and O–H groups in total. The van der Waals surface area contributed by atoms with Crippen molar-refractivity contribution in [3.8, 4) is 0 Å². The van der Waals surface area contributed by atoms with Gasteiger partial charge in [0.25, 0.3) is 0 Å². The van der Waals surface area contributed by atoms with Crippen LogP contribution in [0.25, 0.3) is 0 Å². The molecule has 0 aliphatic heterocycles. The van der Waals surface area contributed by atoms with E-state index in [1.54, 1.807) is 66.7 Å². The van der Waals surface area contributed by atoms with Crippen molar-refractivity contribution in [3.63, 3.8) is 0 Å². The fraction of sp³-hybridized carbons (Fsp3) is 0.125. The van der Waals surface area contributed by atoms with Crippen molar-refractivity contribution in [2.24, 2.45) is 0 Å². The fourth-order valence-electron chi connectivity index (χ4n) is 3.23. The van der Waals surface area contributed by atoms with Gasteiger partial charge < -0.3 is 20.5 Å². The minimum Gasteiger partial charge on any atom is -0.547 e. The number of carbonyl (C=O) groups excluding carboxylic acids is 3. The maximum absolute atomic E-state index is 13.1. The molecule has 7 nitrogen and oxygen atoms in total. The molecule has 32 heavy (non-hydrogen) atoms. The SMILES string of the molecule is Cc1cccc(NC(=O)NCC(=O)N(c2ccccc2)C(C(=O)[O-])c2cccc(Cl)c2)c1. The average molecular weight is 451 g/mol. The molecule has 3 rings (SSSR count). The number of para-hydroxylation sites is 1. The molecule has 1 atom stereocenters. The molecule has 0 saturated carbocycles. The van der Waals surface area contributed by atoms with E-state index in [9.17, 15) is 19.5 Å². The van der Waals surface area contributed by atoms with Gasteiger partial charge in [-0.1, -0.05) is 54.1 Å². The summed E-state index contributed by atoms with van der Waals surface area (Å²) in [7, 11) is 0. The van der Waals surface area contributed by atoms with E-state index in [0.29, 0.717) is 16.4 Å². The molecule has 0 aliphatic rings. The van der Waals surface area contributed by atoms with Gasteiger partial charge in [-0.15, -0.1) is 0 Å². The minimum atomic E-state index is -1.48. The summed E-state index contributed by atoms with van der Waals surface area (Å²) in [6, 6.07) is 19.7. The third kappa shape index (κ3) is 5.86. The van der Waals surface area contributed by atoms with Crippen LogP contribution in [-0.2, 0) is 9.59 Å². The Hall–Kier alpha value is -3.84. The lowest BCUT2D eigenvalue weighted by Crippen LogP contribution is -2.48. The molecule has 0 heterocycles. The lowest BCUT2D eigenvalue weighted by Gasteiger charge is -2.33. The maximum Gasteiger partial charge on any atom is 0.319 e. The number of amides is 3. The Morgan fingerprint density at radius 2 is 1.69 bits per heavy atom. The van der Waals surface area contributed by atoms with Gasteiger partial charge in [0.05, 0.1) is 12.5 Å². The number of carboxylic acids is 1. The van der Waals surface area contributed by atoms with Crippen LogP contribution in [0.3, 0.4) is 0 Å². The molecule has 0 bridgehead atoms. The van der Waals surface area contributed by atoms with Crippen molar-refractivity contribution in [2.75, 3.05) is 16.8 Å². The first-order valence-electron chi connectivity index (χ1n) is 9.80. The van der Waals surface area contributed by atoms with E-state index in [0.717, 1.165) is 10.5 Å². The summed E-state index contributed by atoms with van der Waals surface area (Å²) in [5.74, 6) is -2.11. The van der Waals surface area contributed by atoms with Crippen molar-refractivity contribution in [3.05, 3.63) is 95.0 Å². The van der Waals surface area contributed by atoms with E-state index in [1.807, 2.05) is 13.0 Å². The van der Waals surface area contributed by atoms with Crippen LogP contribution in [0.2, 0.25) is 5.02 Å². The van der Waals surface area contributed by atoms with E-state index >= 15 is 0 Å². The molecular formula is C24H21ClN3O4-. The molecule has 0 aromatic heterocycles. The number of hydrogen-bond acceptors (Lipinski definition) is 4. The lowest BCUT2D eigenvalue weighted by molar-refractivity contribution is -0.307. The van der Waals surface area contributed by atoms with Gasteiger partial charge >= 0.3 is 6.03 Å². The Labute approximate surface area is 190 Å². The van der Waals surface area contributed by atoms with E-state index in [4.69, 9.17) is 11.6 Å². The van der Waals surface area contributed by atoms with E-state index < -0.39 is 30.5 Å². The summed E-state index contributed by atoms with van der Waals surface area (Å²) in [4.78, 5) is 38.6. The quantitative estimate of drug-likeness (QED) is 0.576. The van der Waals surface area contributed by atoms with Crippen LogP contribution in [0.5, 0.6) is 0 Å². The standard InChI is InChI=1S/C24H22ClN3O4/c1-16-7-5-10-19(13-16)27-24(32)26-15-21(29)28(20-11-3-2-4-12-20)22(23(30)31)17-8-6-9-18(25)14-17/h2-14,22H,15H2,1H3,(H,30,31)(H2,26,27,32)/p-1. The Bertz CT molecular complexity index is 1120. The molecule has 1 unspecified atom stereocenters. The molecule has 3 amide bonds. The van der Waals surface area contributed by atoms with Crippen LogP contribution in [0, 0.1) is 6.92 Å². The zero-order valence-electron chi connectivity index (χ0n) is 17.2. The average Bonchev–Trinajstić information content (AvgIpc) is 2.76. The molecule has 0 radical (unpaired) electrons. The van der Waals surface area contributed by atoms with Crippen LogP contribution in [0.15, 0.2) is 78.9 Å². The van der Waals surface area contributed by atoms with Crippen molar-refractivity contribution in [1.82, 2.24) is 5.32 Å². The first-order valence-corrected chi connectivity index (χ1v) is 10.2. The second-order valence-corrected chi connectivity index (χ2v) is 7.49. The molecule has 0 saturated heterocycles. The molecule has 0 aliphatic carbocycles. The largest absolute Gasteiger partial charge is 0.547 e. The third-order valence-corrected chi connectivity index (χ3v) is 4.86. The fourth-order valence-corrected chi connectivity index (χ4v) is 3.43. The van der Waals surface area contributed by atoms with Crippen LogP contribution < -0.4 is 20.6 Å². The number of carboxylic acid groups (broad SMARTS) is 1. The zero-order chi connectivity index (χ0) is 23.1. The topological polar surface area (TPSA) is 102 Å². The molecule has 164 valence electrons. The van der Waals surface area contributed by atoms with E-state index in [2.05, 4.69) is 10.6 Å². The number of anilines is 2. The van der Waals surface area contributed by atoms with Crippen LogP contribution in [0.1, 0.15) is 17.2 Å². The lowest BCUT2D eigenvalue weighted by atomic mass is 10.0. The van der Waals surface area contributed by atoms with Gasteiger partial charge in [0.2, 0.25) is 5.91 Å². The predicted molar refractivity (Wildman–Crippen MR) is 121 cm³/mol. The number of aryl methyl sites for hydroxylation is 1. The maximum atomic E-state index is 13.1. The number of carbonyl (C=O) groups is 3. The summed E-state index contributed by atoms with van der Waals surface area (Å²) in [6.45, 7) is 1.46. The monoisotopic (exact) mass is 450 g/mol. The van der Waals surface area contributed by atoms with Crippen LogP contribution >= 0.6 is 11.6 Å². The van der Waals surface area contributed by atoms with Gasteiger partial charge in [0.15, 0.2) is 0 Å². The van der Waals surface area contributed by atoms with Crippen LogP contribution in [0.4, 0.5) is 16.2 Å². The molecular weight excluding hydrogens is 430 g/mol. The molecule has 3 aromatic rings. The zero-order valence-corrected chi connectivity index (χ0v) is 18.0. The molecule has 8 heteroatoms. The highest BCUT2D eigenvalue weighted by Crippen LogP contribution is 2.28. The highest BCUT2D eigenvalue weighted by molar-refractivity contribution is 6.30. The van der Waals surface area contributed by atoms with Crippen molar-refractivity contribution >= 4 is 40.9 Å². The first-order chi connectivity index (χ1) is 15.3. The van der Waals surface area contributed by atoms with Gasteiger partial charge in [0, 0.05) is 16.4 Å².